The molecule has 1 aromatic rings. The molecule has 1 N–H and O–H groups in total. The molecule has 0 saturated heterocycles. The summed E-state index contributed by atoms with van der Waals surface area (Å²) in [6, 6.07) is 4.88. The highest BCUT2D eigenvalue weighted by atomic mass is 32.2. The van der Waals surface area contributed by atoms with Gasteiger partial charge in [-0.3, -0.25) is 4.98 Å². The van der Waals surface area contributed by atoms with Gasteiger partial charge in [0.05, 0.1) is 0 Å². The van der Waals surface area contributed by atoms with Gasteiger partial charge in [0.25, 0.3) is 0 Å². The van der Waals surface area contributed by atoms with Crippen LogP contribution < -0.4 is 5.32 Å². The van der Waals surface area contributed by atoms with Crippen molar-refractivity contribution in [2.75, 3.05) is 18.6 Å². The van der Waals surface area contributed by atoms with Crippen LogP contribution in [0.4, 0.5) is 0 Å². The van der Waals surface area contributed by atoms with Gasteiger partial charge in [-0.15, -0.1) is 0 Å². The van der Waals surface area contributed by atoms with Crippen LogP contribution in [0.2, 0.25) is 0 Å². The standard InChI is InChI=1S/C15H26N2S/c1-5-13-6-7-14(17-9-13)8-15(16-4)11-18-10-12(2)3/h6-7,9,12,15-16H,5,8,10-11H2,1-4H3. The highest BCUT2D eigenvalue weighted by molar-refractivity contribution is 7.99. The van der Waals surface area contributed by atoms with E-state index in [0.717, 1.165) is 24.5 Å². The molecule has 1 heterocycles. The molecule has 3 heteroatoms. The van der Waals surface area contributed by atoms with Crippen LogP contribution in [0, 0.1) is 5.92 Å². The monoisotopic (exact) mass is 266 g/mol. The van der Waals surface area contributed by atoms with Gasteiger partial charge in [-0.05, 0) is 36.8 Å². The lowest BCUT2D eigenvalue weighted by Crippen LogP contribution is -2.30. The third kappa shape index (κ3) is 5.87. The Labute approximate surface area is 116 Å². The zero-order valence-electron chi connectivity index (χ0n) is 12.1. The van der Waals surface area contributed by atoms with Gasteiger partial charge in [0, 0.05) is 30.1 Å². The van der Waals surface area contributed by atoms with Crippen molar-refractivity contribution >= 4 is 11.8 Å². The SMILES string of the molecule is CCc1ccc(CC(CSCC(C)C)NC)nc1. The third-order valence-electron chi connectivity index (χ3n) is 2.93. The molecular formula is C15H26N2S. The Balaban J connectivity index is 2.41. The largest absolute Gasteiger partial charge is 0.316 e. The van der Waals surface area contributed by atoms with Crippen LogP contribution in [-0.4, -0.2) is 29.6 Å². The Bertz CT molecular complexity index is 322. The summed E-state index contributed by atoms with van der Waals surface area (Å²) in [5.74, 6) is 3.17. The minimum Gasteiger partial charge on any atom is -0.316 e. The van der Waals surface area contributed by atoms with Gasteiger partial charge in [-0.1, -0.05) is 26.8 Å². The van der Waals surface area contributed by atoms with Gasteiger partial charge in [0.15, 0.2) is 0 Å². The molecule has 1 aromatic heterocycles. The van der Waals surface area contributed by atoms with Crippen molar-refractivity contribution in [3.63, 3.8) is 0 Å². The summed E-state index contributed by atoms with van der Waals surface area (Å²) < 4.78 is 0. The van der Waals surface area contributed by atoms with E-state index in [0.29, 0.717) is 6.04 Å². The summed E-state index contributed by atoms with van der Waals surface area (Å²) >= 11 is 2.03. The number of aromatic nitrogens is 1. The number of thioether (sulfide) groups is 1. The summed E-state index contributed by atoms with van der Waals surface area (Å²) in [5.41, 5.74) is 2.51. The van der Waals surface area contributed by atoms with Crippen molar-refractivity contribution in [3.8, 4) is 0 Å². The van der Waals surface area contributed by atoms with Crippen LogP contribution in [0.5, 0.6) is 0 Å². The number of hydrogen-bond donors (Lipinski definition) is 1. The fourth-order valence-corrected chi connectivity index (χ4v) is 2.90. The Morgan fingerprint density at radius 3 is 2.56 bits per heavy atom. The fourth-order valence-electron chi connectivity index (χ4n) is 1.73. The maximum Gasteiger partial charge on any atom is 0.0419 e. The zero-order chi connectivity index (χ0) is 13.4. The maximum absolute atomic E-state index is 4.53. The maximum atomic E-state index is 4.53. The molecule has 0 spiro atoms. The molecule has 0 fully saturated rings. The molecule has 0 aliphatic carbocycles. The average Bonchev–Trinajstić information content (AvgIpc) is 2.38. The zero-order valence-corrected chi connectivity index (χ0v) is 12.9. The summed E-state index contributed by atoms with van der Waals surface area (Å²) in [5, 5.41) is 3.39. The minimum absolute atomic E-state index is 0.522. The van der Waals surface area contributed by atoms with Gasteiger partial charge >= 0.3 is 0 Å². The van der Waals surface area contributed by atoms with E-state index in [4.69, 9.17) is 0 Å². The van der Waals surface area contributed by atoms with Crippen LogP contribution in [0.15, 0.2) is 18.3 Å². The van der Waals surface area contributed by atoms with Crippen LogP contribution in [0.25, 0.3) is 0 Å². The molecule has 0 radical (unpaired) electrons. The smallest absolute Gasteiger partial charge is 0.0419 e. The third-order valence-corrected chi connectivity index (χ3v) is 4.47. The van der Waals surface area contributed by atoms with E-state index in [9.17, 15) is 0 Å². The number of pyridine rings is 1. The number of nitrogens with one attached hydrogen (secondary N) is 1. The molecule has 0 bridgehead atoms. The lowest BCUT2D eigenvalue weighted by Gasteiger charge is -2.16. The second kappa shape index (κ2) is 8.54. The summed E-state index contributed by atoms with van der Waals surface area (Å²) in [4.78, 5) is 4.53. The Kier molecular flexibility index (Phi) is 7.36. The molecule has 0 aromatic carbocycles. The van der Waals surface area contributed by atoms with E-state index in [1.54, 1.807) is 0 Å². The minimum atomic E-state index is 0.522. The van der Waals surface area contributed by atoms with Crippen LogP contribution in [0.1, 0.15) is 32.0 Å². The number of likely N-dealkylation sites (N-methyl/N-ethyl adjacent to an activating group) is 1. The number of aryl methyl sites for hydroxylation is 1. The molecule has 0 aliphatic heterocycles. The fraction of sp³-hybridized carbons (Fsp3) is 0.667. The first-order valence-electron chi connectivity index (χ1n) is 6.84. The molecule has 102 valence electrons. The van der Waals surface area contributed by atoms with Gasteiger partial charge in [0.1, 0.15) is 0 Å². The first kappa shape index (κ1) is 15.5. The van der Waals surface area contributed by atoms with Crippen molar-refractivity contribution in [1.29, 1.82) is 0 Å². The van der Waals surface area contributed by atoms with Gasteiger partial charge in [-0.25, -0.2) is 0 Å². The summed E-state index contributed by atoms with van der Waals surface area (Å²) in [7, 11) is 2.04. The molecule has 1 atom stereocenters. The Morgan fingerprint density at radius 2 is 2.06 bits per heavy atom. The lowest BCUT2D eigenvalue weighted by molar-refractivity contribution is 0.607. The van der Waals surface area contributed by atoms with Crippen molar-refractivity contribution in [2.24, 2.45) is 5.92 Å². The quantitative estimate of drug-likeness (QED) is 0.782. The van der Waals surface area contributed by atoms with E-state index in [-0.39, 0.29) is 0 Å². The molecule has 0 amide bonds. The van der Waals surface area contributed by atoms with Gasteiger partial charge in [0.2, 0.25) is 0 Å². The number of hydrogen-bond acceptors (Lipinski definition) is 3. The average molecular weight is 266 g/mol. The Hall–Kier alpha value is -0.540. The van der Waals surface area contributed by atoms with Gasteiger partial charge < -0.3 is 5.32 Å². The first-order chi connectivity index (χ1) is 8.65. The summed E-state index contributed by atoms with van der Waals surface area (Å²) in [6.07, 6.45) is 4.09. The van der Waals surface area contributed by atoms with Crippen LogP contribution in [-0.2, 0) is 12.8 Å². The topological polar surface area (TPSA) is 24.9 Å². The van der Waals surface area contributed by atoms with Crippen molar-refractivity contribution in [1.82, 2.24) is 10.3 Å². The Morgan fingerprint density at radius 1 is 1.28 bits per heavy atom. The van der Waals surface area contributed by atoms with E-state index in [1.165, 1.54) is 17.0 Å². The van der Waals surface area contributed by atoms with E-state index in [1.807, 2.05) is 25.0 Å². The van der Waals surface area contributed by atoms with Crippen LogP contribution in [0.3, 0.4) is 0 Å². The van der Waals surface area contributed by atoms with Crippen molar-refractivity contribution in [2.45, 2.75) is 39.7 Å². The summed E-state index contributed by atoms with van der Waals surface area (Å²) in [6.45, 7) is 6.70. The molecule has 2 nitrogen and oxygen atoms in total. The van der Waals surface area contributed by atoms with Crippen molar-refractivity contribution < 1.29 is 0 Å². The highest BCUT2D eigenvalue weighted by Crippen LogP contribution is 2.11. The second-order valence-corrected chi connectivity index (χ2v) is 6.21. The van der Waals surface area contributed by atoms with E-state index < -0.39 is 0 Å². The number of rotatable bonds is 8. The lowest BCUT2D eigenvalue weighted by atomic mass is 10.1. The molecule has 0 saturated carbocycles. The van der Waals surface area contributed by atoms with Gasteiger partial charge in [-0.2, -0.15) is 11.8 Å². The molecular weight excluding hydrogens is 240 g/mol. The first-order valence-corrected chi connectivity index (χ1v) is 8.00. The number of nitrogens with zero attached hydrogens (tertiary/aromatic N) is 1. The predicted octanol–water partition coefficient (Wildman–Crippen LogP) is 3.16. The molecule has 1 unspecified atom stereocenters. The second-order valence-electron chi connectivity index (χ2n) is 5.13. The predicted molar refractivity (Wildman–Crippen MR) is 82.3 cm³/mol. The molecule has 1 rings (SSSR count). The molecule has 0 aliphatic rings. The van der Waals surface area contributed by atoms with E-state index in [2.05, 4.69) is 43.2 Å². The van der Waals surface area contributed by atoms with Crippen LogP contribution >= 0.6 is 11.8 Å². The van der Waals surface area contributed by atoms with E-state index >= 15 is 0 Å². The normalized spacial score (nSPS) is 12.9. The van der Waals surface area contributed by atoms with Crippen molar-refractivity contribution in [3.05, 3.63) is 29.6 Å². The molecule has 18 heavy (non-hydrogen) atoms. The highest BCUT2D eigenvalue weighted by Gasteiger charge is 2.08.